The lowest BCUT2D eigenvalue weighted by atomic mass is 9.82. The predicted octanol–water partition coefficient (Wildman–Crippen LogP) is 8.64. The molecular weight excluding hydrogens is 380 g/mol. The highest BCUT2D eigenvalue weighted by atomic mass is 16.5. The summed E-state index contributed by atoms with van der Waals surface area (Å²) >= 11 is 0. The molecule has 0 atom stereocenters. The van der Waals surface area contributed by atoms with Gasteiger partial charge in [-0.2, -0.15) is 0 Å². The van der Waals surface area contributed by atoms with Crippen LogP contribution in [0.1, 0.15) is 129 Å². The number of allylic oxidation sites excluding steroid dienone is 2. The van der Waals surface area contributed by atoms with Crippen LogP contribution < -0.4 is 4.74 Å². The first-order valence-corrected chi connectivity index (χ1v) is 12.8. The van der Waals surface area contributed by atoms with Gasteiger partial charge in [-0.25, -0.2) is 0 Å². The Kier molecular flexibility index (Phi) is 10.3. The van der Waals surface area contributed by atoms with E-state index in [1.807, 2.05) is 6.92 Å². The number of carbonyl (C=O) groups is 1. The van der Waals surface area contributed by atoms with Crippen molar-refractivity contribution in [1.82, 2.24) is 0 Å². The summed E-state index contributed by atoms with van der Waals surface area (Å²) in [4.78, 5) is 13.0. The molecule has 0 amide bonds. The van der Waals surface area contributed by atoms with E-state index in [4.69, 9.17) is 4.74 Å². The van der Waals surface area contributed by atoms with Crippen LogP contribution in [0, 0.1) is 0 Å². The lowest BCUT2D eigenvalue weighted by Gasteiger charge is -2.28. The van der Waals surface area contributed by atoms with Crippen LogP contribution in [-0.2, 0) is 23.1 Å². The molecule has 1 aromatic rings. The van der Waals surface area contributed by atoms with Crippen LogP contribution in [0.4, 0.5) is 0 Å². The fourth-order valence-corrected chi connectivity index (χ4v) is 4.42. The van der Waals surface area contributed by atoms with Crippen molar-refractivity contribution >= 4 is 5.78 Å². The summed E-state index contributed by atoms with van der Waals surface area (Å²) in [6.45, 7) is 13.3. The van der Waals surface area contributed by atoms with E-state index in [0.29, 0.717) is 6.42 Å². The molecule has 0 N–H and O–H groups in total. The third kappa shape index (κ3) is 7.81. The van der Waals surface area contributed by atoms with E-state index in [1.165, 1.54) is 68.1 Å². The van der Waals surface area contributed by atoms with Crippen LogP contribution in [0.3, 0.4) is 0 Å². The van der Waals surface area contributed by atoms with Crippen LogP contribution in [0.25, 0.3) is 0 Å². The molecule has 0 unspecified atom stereocenters. The SMILES string of the molecule is CCCCCCCC(=O)C1=C(C)Oc2c(CCCCCCC)cc(C(C)(C)C)cc2C1. The molecule has 174 valence electrons. The number of hydrogen-bond donors (Lipinski definition) is 0. The number of Topliss-reactive ketones (excluding diaryl/α,β-unsaturated/α-hetero) is 1. The lowest BCUT2D eigenvalue weighted by Crippen LogP contribution is -2.19. The first-order chi connectivity index (χ1) is 14.8. The molecule has 0 bridgehead atoms. The van der Waals surface area contributed by atoms with Gasteiger partial charge in [0.15, 0.2) is 5.78 Å². The van der Waals surface area contributed by atoms with E-state index in [1.54, 1.807) is 0 Å². The Balaban J connectivity index is 2.15. The van der Waals surface area contributed by atoms with E-state index in [2.05, 4.69) is 46.8 Å². The Morgan fingerprint density at radius 2 is 1.52 bits per heavy atom. The third-order valence-electron chi connectivity index (χ3n) is 6.55. The van der Waals surface area contributed by atoms with Crippen molar-refractivity contribution < 1.29 is 9.53 Å². The van der Waals surface area contributed by atoms with Crippen LogP contribution >= 0.6 is 0 Å². The van der Waals surface area contributed by atoms with Crippen molar-refractivity contribution in [3.05, 3.63) is 40.2 Å². The fraction of sp³-hybridized carbons (Fsp3) is 0.690. The number of fused-ring (bicyclic) bond motifs is 1. The minimum Gasteiger partial charge on any atom is -0.461 e. The molecule has 0 spiro atoms. The van der Waals surface area contributed by atoms with Gasteiger partial charge in [0.25, 0.3) is 0 Å². The summed E-state index contributed by atoms with van der Waals surface area (Å²) in [5.41, 5.74) is 4.86. The second kappa shape index (κ2) is 12.5. The highest BCUT2D eigenvalue weighted by molar-refractivity contribution is 5.96. The average molecular weight is 427 g/mol. The smallest absolute Gasteiger partial charge is 0.162 e. The van der Waals surface area contributed by atoms with Gasteiger partial charge < -0.3 is 4.74 Å². The van der Waals surface area contributed by atoms with Crippen molar-refractivity contribution in [2.24, 2.45) is 0 Å². The molecule has 1 aromatic carbocycles. The van der Waals surface area contributed by atoms with Gasteiger partial charge in [-0.05, 0) is 48.3 Å². The van der Waals surface area contributed by atoms with Crippen LogP contribution in [0.15, 0.2) is 23.5 Å². The molecule has 2 nitrogen and oxygen atoms in total. The average Bonchev–Trinajstić information content (AvgIpc) is 2.72. The molecule has 0 radical (unpaired) electrons. The topological polar surface area (TPSA) is 26.3 Å². The van der Waals surface area contributed by atoms with Crippen molar-refractivity contribution in [2.75, 3.05) is 0 Å². The van der Waals surface area contributed by atoms with Gasteiger partial charge in [-0.15, -0.1) is 0 Å². The molecule has 31 heavy (non-hydrogen) atoms. The monoisotopic (exact) mass is 426 g/mol. The first-order valence-electron chi connectivity index (χ1n) is 12.8. The van der Waals surface area contributed by atoms with Gasteiger partial charge in [-0.3, -0.25) is 4.79 Å². The molecule has 0 aliphatic carbocycles. The second-order valence-electron chi connectivity index (χ2n) is 10.4. The number of ether oxygens (including phenoxy) is 1. The predicted molar refractivity (Wildman–Crippen MR) is 133 cm³/mol. The van der Waals surface area contributed by atoms with Crippen molar-refractivity contribution in [1.29, 1.82) is 0 Å². The summed E-state index contributed by atoms with van der Waals surface area (Å²) in [7, 11) is 0. The number of unbranched alkanes of at least 4 members (excludes halogenated alkanes) is 8. The minimum absolute atomic E-state index is 0.0889. The molecule has 1 aliphatic rings. The maximum Gasteiger partial charge on any atom is 0.162 e. The number of hydrogen-bond acceptors (Lipinski definition) is 2. The normalized spacial score (nSPS) is 13.9. The largest absolute Gasteiger partial charge is 0.461 e. The zero-order valence-corrected chi connectivity index (χ0v) is 21.2. The number of ketones is 1. The maximum absolute atomic E-state index is 13.0. The Morgan fingerprint density at radius 1 is 0.903 bits per heavy atom. The molecule has 1 aliphatic heterocycles. The van der Waals surface area contributed by atoms with Crippen molar-refractivity contribution in [3.63, 3.8) is 0 Å². The van der Waals surface area contributed by atoms with Crippen LogP contribution in [0.5, 0.6) is 5.75 Å². The second-order valence-corrected chi connectivity index (χ2v) is 10.4. The summed E-state index contributed by atoms with van der Waals surface area (Å²) in [6.07, 6.45) is 14.7. The summed E-state index contributed by atoms with van der Waals surface area (Å²) in [5, 5.41) is 0. The maximum atomic E-state index is 13.0. The summed E-state index contributed by atoms with van der Waals surface area (Å²) < 4.78 is 6.35. The molecule has 2 rings (SSSR count). The van der Waals surface area contributed by atoms with E-state index >= 15 is 0 Å². The highest BCUT2D eigenvalue weighted by Gasteiger charge is 2.26. The quantitative estimate of drug-likeness (QED) is 0.295. The number of rotatable bonds is 13. The Bertz CT molecular complexity index is 749. The summed E-state index contributed by atoms with van der Waals surface area (Å²) in [5.74, 6) is 2.13. The van der Waals surface area contributed by atoms with E-state index in [-0.39, 0.29) is 11.2 Å². The third-order valence-corrected chi connectivity index (χ3v) is 6.55. The van der Waals surface area contributed by atoms with E-state index in [9.17, 15) is 4.79 Å². The standard InChI is InChI=1S/C29H46O2/c1-7-9-11-13-15-17-23-19-25(29(4,5)6)20-24-21-26(22(3)31-28(23)24)27(30)18-16-14-12-10-8-2/h19-20H,7-18,21H2,1-6H3. The Morgan fingerprint density at radius 3 is 2.13 bits per heavy atom. The lowest BCUT2D eigenvalue weighted by molar-refractivity contribution is -0.116. The van der Waals surface area contributed by atoms with Gasteiger partial charge in [-0.1, -0.05) is 98.1 Å². The molecule has 0 saturated heterocycles. The fourth-order valence-electron chi connectivity index (χ4n) is 4.42. The zero-order chi connectivity index (χ0) is 22.9. The van der Waals surface area contributed by atoms with E-state index < -0.39 is 0 Å². The zero-order valence-electron chi connectivity index (χ0n) is 21.2. The van der Waals surface area contributed by atoms with Crippen molar-refractivity contribution in [2.45, 2.75) is 130 Å². The van der Waals surface area contributed by atoms with Gasteiger partial charge >= 0.3 is 0 Å². The number of benzene rings is 1. The molecule has 0 saturated carbocycles. The Labute approximate surface area is 191 Å². The van der Waals surface area contributed by atoms with Gasteiger partial charge in [0.1, 0.15) is 11.5 Å². The van der Waals surface area contributed by atoms with Crippen molar-refractivity contribution in [3.8, 4) is 5.75 Å². The van der Waals surface area contributed by atoms with Gasteiger partial charge in [0.2, 0.25) is 0 Å². The van der Waals surface area contributed by atoms with Crippen LogP contribution in [0.2, 0.25) is 0 Å². The molecule has 0 aromatic heterocycles. The minimum atomic E-state index is 0.0889. The van der Waals surface area contributed by atoms with Gasteiger partial charge in [0, 0.05) is 18.4 Å². The molecular formula is C29H46O2. The molecule has 2 heteroatoms. The number of carbonyl (C=O) groups excluding carboxylic acids is 1. The van der Waals surface area contributed by atoms with Crippen LogP contribution in [-0.4, -0.2) is 5.78 Å². The summed E-state index contributed by atoms with van der Waals surface area (Å²) in [6, 6.07) is 4.64. The molecule has 1 heterocycles. The first kappa shape index (κ1) is 25.7. The van der Waals surface area contributed by atoms with Gasteiger partial charge in [0.05, 0.1) is 0 Å². The highest BCUT2D eigenvalue weighted by Crippen LogP contribution is 2.38. The Hall–Kier alpha value is -1.57. The number of aryl methyl sites for hydroxylation is 1. The van der Waals surface area contributed by atoms with E-state index in [0.717, 1.165) is 42.8 Å². The molecule has 0 fully saturated rings.